The lowest BCUT2D eigenvalue weighted by molar-refractivity contribution is 0.0804. The van der Waals surface area contributed by atoms with Crippen molar-refractivity contribution in [1.29, 1.82) is 0 Å². The standard InChI is InChI=1S/C10H17N3O2S/c1-14-7(6-11)10-12-9(13-15-10)8-4-2-3-5-16-8/h7-8H,2-6,11H2,1H3. The van der Waals surface area contributed by atoms with Crippen molar-refractivity contribution in [2.75, 3.05) is 19.4 Å². The first kappa shape index (κ1) is 11.9. The normalized spacial score (nSPS) is 23.2. The molecule has 0 bridgehead atoms. The van der Waals surface area contributed by atoms with E-state index in [4.69, 9.17) is 15.0 Å². The average molecular weight is 243 g/mol. The first-order valence-corrected chi connectivity index (χ1v) is 6.58. The molecular formula is C10H17N3O2S. The highest BCUT2D eigenvalue weighted by Gasteiger charge is 2.24. The van der Waals surface area contributed by atoms with E-state index < -0.39 is 0 Å². The Hall–Kier alpha value is -0.590. The Kier molecular flexibility index (Phi) is 4.20. The quantitative estimate of drug-likeness (QED) is 0.867. The Bertz CT molecular complexity index is 322. The van der Waals surface area contributed by atoms with Crippen molar-refractivity contribution in [1.82, 2.24) is 10.1 Å². The first-order chi connectivity index (χ1) is 7.85. The van der Waals surface area contributed by atoms with Crippen LogP contribution in [0.4, 0.5) is 0 Å². The van der Waals surface area contributed by atoms with Gasteiger partial charge in [0, 0.05) is 13.7 Å². The molecule has 0 spiro atoms. The zero-order valence-corrected chi connectivity index (χ0v) is 10.2. The second-order valence-corrected chi connectivity index (χ2v) is 5.12. The number of nitrogens with two attached hydrogens (primary N) is 1. The van der Waals surface area contributed by atoms with Crippen molar-refractivity contribution < 1.29 is 9.26 Å². The zero-order chi connectivity index (χ0) is 11.4. The molecule has 0 aromatic carbocycles. The van der Waals surface area contributed by atoms with Gasteiger partial charge in [-0.1, -0.05) is 11.6 Å². The molecule has 0 saturated carbocycles. The van der Waals surface area contributed by atoms with Crippen molar-refractivity contribution in [3.05, 3.63) is 11.7 Å². The second kappa shape index (κ2) is 5.65. The third kappa shape index (κ3) is 2.56. The summed E-state index contributed by atoms with van der Waals surface area (Å²) in [6.45, 7) is 0.357. The fourth-order valence-electron chi connectivity index (χ4n) is 1.75. The second-order valence-electron chi connectivity index (χ2n) is 3.81. The van der Waals surface area contributed by atoms with Gasteiger partial charge in [-0.05, 0) is 18.6 Å². The molecule has 1 aliphatic rings. The molecule has 0 aliphatic carbocycles. The SMILES string of the molecule is COC(CN)c1nc(C2CCCCS2)no1. The number of nitrogens with zero attached hydrogens (tertiary/aromatic N) is 2. The molecule has 2 atom stereocenters. The maximum absolute atomic E-state index is 5.55. The van der Waals surface area contributed by atoms with Gasteiger partial charge < -0.3 is 15.0 Å². The van der Waals surface area contributed by atoms with Crippen LogP contribution in [-0.2, 0) is 4.74 Å². The summed E-state index contributed by atoms with van der Waals surface area (Å²) in [6, 6.07) is 0. The van der Waals surface area contributed by atoms with Crippen molar-refractivity contribution in [3.8, 4) is 0 Å². The van der Waals surface area contributed by atoms with Crippen LogP contribution in [0.5, 0.6) is 0 Å². The predicted octanol–water partition coefficient (Wildman–Crippen LogP) is 1.67. The molecule has 2 heterocycles. The molecule has 1 aromatic heterocycles. The van der Waals surface area contributed by atoms with E-state index >= 15 is 0 Å². The van der Waals surface area contributed by atoms with Gasteiger partial charge in [-0.2, -0.15) is 16.7 Å². The third-order valence-electron chi connectivity index (χ3n) is 2.70. The number of methoxy groups -OCH3 is 1. The predicted molar refractivity (Wildman–Crippen MR) is 62.2 cm³/mol. The summed E-state index contributed by atoms with van der Waals surface area (Å²) < 4.78 is 10.3. The van der Waals surface area contributed by atoms with E-state index in [1.165, 1.54) is 18.6 Å². The Morgan fingerprint density at radius 2 is 2.50 bits per heavy atom. The molecular weight excluding hydrogens is 226 g/mol. The molecule has 2 N–H and O–H groups in total. The Balaban J connectivity index is 2.05. The van der Waals surface area contributed by atoms with Crippen LogP contribution >= 0.6 is 11.8 Å². The van der Waals surface area contributed by atoms with Crippen LogP contribution < -0.4 is 5.73 Å². The molecule has 0 amide bonds. The van der Waals surface area contributed by atoms with Crippen LogP contribution in [0, 0.1) is 0 Å². The molecule has 5 nitrogen and oxygen atoms in total. The van der Waals surface area contributed by atoms with Crippen LogP contribution in [0.3, 0.4) is 0 Å². The summed E-state index contributed by atoms with van der Waals surface area (Å²) in [5, 5.41) is 4.39. The highest BCUT2D eigenvalue weighted by molar-refractivity contribution is 7.99. The lowest BCUT2D eigenvalue weighted by atomic mass is 10.2. The number of ether oxygens (including phenoxy) is 1. The van der Waals surface area contributed by atoms with Gasteiger partial charge in [0.15, 0.2) is 5.82 Å². The lowest BCUT2D eigenvalue weighted by Gasteiger charge is -2.17. The van der Waals surface area contributed by atoms with E-state index in [1.54, 1.807) is 7.11 Å². The van der Waals surface area contributed by atoms with E-state index in [1.807, 2.05) is 11.8 Å². The van der Waals surface area contributed by atoms with Crippen LogP contribution in [-0.4, -0.2) is 29.5 Å². The van der Waals surface area contributed by atoms with Crippen LogP contribution in [0.15, 0.2) is 4.52 Å². The van der Waals surface area contributed by atoms with Gasteiger partial charge in [0.05, 0.1) is 5.25 Å². The summed E-state index contributed by atoms with van der Waals surface area (Å²) in [7, 11) is 1.59. The number of rotatable bonds is 4. The molecule has 6 heteroatoms. The van der Waals surface area contributed by atoms with Crippen molar-refractivity contribution >= 4 is 11.8 Å². The monoisotopic (exact) mass is 243 g/mol. The number of thioether (sulfide) groups is 1. The van der Waals surface area contributed by atoms with E-state index in [-0.39, 0.29) is 6.10 Å². The molecule has 1 saturated heterocycles. The van der Waals surface area contributed by atoms with Crippen LogP contribution in [0.1, 0.15) is 42.3 Å². The maximum Gasteiger partial charge on any atom is 0.257 e. The van der Waals surface area contributed by atoms with Gasteiger partial charge in [0.25, 0.3) is 5.89 Å². The van der Waals surface area contributed by atoms with Crippen molar-refractivity contribution in [2.45, 2.75) is 30.6 Å². The van der Waals surface area contributed by atoms with Crippen molar-refractivity contribution in [2.24, 2.45) is 5.73 Å². The highest BCUT2D eigenvalue weighted by atomic mass is 32.2. The smallest absolute Gasteiger partial charge is 0.257 e. The maximum atomic E-state index is 5.55. The van der Waals surface area contributed by atoms with Gasteiger partial charge >= 0.3 is 0 Å². The topological polar surface area (TPSA) is 74.2 Å². The molecule has 1 aromatic rings. The third-order valence-corrected chi connectivity index (χ3v) is 4.07. The minimum Gasteiger partial charge on any atom is -0.370 e. The summed E-state index contributed by atoms with van der Waals surface area (Å²) in [6.07, 6.45) is 3.38. The molecule has 1 aliphatic heterocycles. The van der Waals surface area contributed by atoms with Gasteiger partial charge in [-0.3, -0.25) is 0 Å². The molecule has 1 fully saturated rings. The minimum atomic E-state index is -0.283. The molecule has 2 unspecified atom stereocenters. The largest absolute Gasteiger partial charge is 0.370 e. The van der Waals surface area contributed by atoms with Gasteiger partial charge in [-0.15, -0.1) is 0 Å². The Morgan fingerprint density at radius 1 is 1.62 bits per heavy atom. The fraction of sp³-hybridized carbons (Fsp3) is 0.800. The fourth-order valence-corrected chi connectivity index (χ4v) is 2.98. The minimum absolute atomic E-state index is 0.283. The highest BCUT2D eigenvalue weighted by Crippen LogP contribution is 2.36. The number of hydrogen-bond acceptors (Lipinski definition) is 6. The molecule has 90 valence electrons. The van der Waals surface area contributed by atoms with Gasteiger partial charge in [0.1, 0.15) is 6.10 Å². The number of hydrogen-bond donors (Lipinski definition) is 1. The Morgan fingerprint density at radius 3 is 3.12 bits per heavy atom. The summed E-state index contributed by atoms with van der Waals surface area (Å²) in [4.78, 5) is 4.37. The van der Waals surface area contributed by atoms with E-state index in [2.05, 4.69) is 10.1 Å². The first-order valence-electron chi connectivity index (χ1n) is 5.53. The van der Waals surface area contributed by atoms with Crippen LogP contribution in [0.25, 0.3) is 0 Å². The molecule has 0 radical (unpaired) electrons. The van der Waals surface area contributed by atoms with E-state index in [0.717, 1.165) is 12.2 Å². The van der Waals surface area contributed by atoms with Gasteiger partial charge in [0.2, 0.25) is 0 Å². The molecule has 2 rings (SSSR count). The Labute approximate surface area is 99.1 Å². The van der Waals surface area contributed by atoms with Gasteiger partial charge in [-0.25, -0.2) is 0 Å². The summed E-state index contributed by atoms with van der Waals surface area (Å²) >= 11 is 1.90. The lowest BCUT2D eigenvalue weighted by Crippen LogP contribution is -2.14. The van der Waals surface area contributed by atoms with Crippen LogP contribution in [0.2, 0.25) is 0 Å². The van der Waals surface area contributed by atoms with E-state index in [0.29, 0.717) is 17.7 Å². The van der Waals surface area contributed by atoms with E-state index in [9.17, 15) is 0 Å². The molecule has 16 heavy (non-hydrogen) atoms. The van der Waals surface area contributed by atoms with Crippen molar-refractivity contribution in [3.63, 3.8) is 0 Å². The summed E-state index contributed by atoms with van der Waals surface area (Å²) in [5.74, 6) is 2.46. The zero-order valence-electron chi connectivity index (χ0n) is 9.39. The average Bonchev–Trinajstić information content (AvgIpc) is 2.81. The number of aromatic nitrogens is 2. The summed E-state index contributed by atoms with van der Waals surface area (Å²) in [5.41, 5.74) is 5.55.